The molecule has 2 amide bonds. The maximum absolute atomic E-state index is 14.3. The molecule has 3 heterocycles. The Morgan fingerprint density at radius 1 is 1.31 bits per heavy atom. The van der Waals surface area contributed by atoms with E-state index in [2.05, 4.69) is 13.5 Å². The Morgan fingerprint density at radius 3 is 2.71 bits per heavy atom. The van der Waals surface area contributed by atoms with Crippen LogP contribution in [0.2, 0.25) is 0 Å². The lowest BCUT2D eigenvalue weighted by atomic mass is 9.66. The summed E-state index contributed by atoms with van der Waals surface area (Å²) in [4.78, 5) is 44.7. The number of thioether (sulfide) groups is 1. The second kappa shape index (κ2) is 10.7. The molecule has 190 valence electrons. The average Bonchev–Trinajstić information content (AvgIpc) is 3.43. The summed E-state index contributed by atoms with van der Waals surface area (Å²) in [5.74, 6) is -1.53. The largest absolute Gasteiger partial charge is 0.466 e. The normalized spacial score (nSPS) is 30.9. The highest BCUT2D eigenvalue weighted by Crippen LogP contribution is 2.68. The zero-order valence-electron chi connectivity index (χ0n) is 20.6. The van der Waals surface area contributed by atoms with Gasteiger partial charge in [0, 0.05) is 31.5 Å². The second-order valence-corrected chi connectivity index (χ2v) is 11.3. The first-order chi connectivity index (χ1) is 16.9. The first kappa shape index (κ1) is 25.8. The number of aliphatic hydroxyl groups excluding tert-OH is 1. The molecule has 0 aromatic heterocycles. The van der Waals surface area contributed by atoms with Gasteiger partial charge in [0.2, 0.25) is 11.8 Å². The number of likely N-dealkylation sites (tertiary alicyclic amines) is 1. The molecular weight excluding hydrogens is 464 g/mol. The van der Waals surface area contributed by atoms with E-state index in [1.54, 1.807) is 34.6 Å². The Bertz CT molecular complexity index is 956. The van der Waals surface area contributed by atoms with Crippen LogP contribution in [0.25, 0.3) is 0 Å². The van der Waals surface area contributed by atoms with Crippen LogP contribution >= 0.6 is 11.8 Å². The third-order valence-corrected chi connectivity index (χ3v) is 9.80. The SMILES string of the molecule is C=CCN(Cc1ccccc1)C(=O)C1N(CCCCO)C(=O)[C@@H]2[C@@H](C(=O)OCC)[C@H]3CC(C)C12S3. The van der Waals surface area contributed by atoms with Gasteiger partial charge < -0.3 is 19.6 Å². The molecule has 8 heteroatoms. The molecule has 1 aromatic carbocycles. The van der Waals surface area contributed by atoms with Gasteiger partial charge in [0.05, 0.1) is 23.2 Å². The van der Waals surface area contributed by atoms with E-state index in [1.165, 1.54) is 0 Å². The van der Waals surface area contributed by atoms with E-state index < -0.39 is 22.6 Å². The fraction of sp³-hybridized carbons (Fsp3) is 0.593. The summed E-state index contributed by atoms with van der Waals surface area (Å²) in [6.07, 6.45) is 3.65. The van der Waals surface area contributed by atoms with Crippen LogP contribution in [0.4, 0.5) is 0 Å². The standard InChI is InChI=1S/C27H36N2O5S/c1-4-13-28(17-19-11-7-6-8-12-19)25(32)23-27-18(3)16-20(35-27)21(26(33)34-5-2)22(27)24(31)29(23)14-9-10-15-30/h4,6-8,11-12,18,20-23,30H,1,5,9-10,13-17H2,2-3H3/t18?,20-,21+,22+,23?,27?/m1/s1. The minimum absolute atomic E-state index is 0.0186. The van der Waals surface area contributed by atoms with E-state index in [1.807, 2.05) is 30.3 Å². The van der Waals surface area contributed by atoms with Gasteiger partial charge in [-0.25, -0.2) is 0 Å². The lowest BCUT2D eigenvalue weighted by Gasteiger charge is -2.40. The molecule has 0 aliphatic carbocycles. The van der Waals surface area contributed by atoms with Gasteiger partial charge >= 0.3 is 5.97 Å². The van der Waals surface area contributed by atoms with Gasteiger partial charge in [-0.05, 0) is 37.7 Å². The van der Waals surface area contributed by atoms with Gasteiger partial charge in [0.25, 0.3) is 0 Å². The molecule has 2 bridgehead atoms. The number of carbonyl (C=O) groups is 3. The third-order valence-electron chi connectivity index (χ3n) is 7.72. The Morgan fingerprint density at radius 2 is 2.06 bits per heavy atom. The highest BCUT2D eigenvalue weighted by molar-refractivity contribution is 8.02. The molecule has 6 atom stereocenters. The number of benzene rings is 1. The molecule has 3 unspecified atom stereocenters. The van der Waals surface area contributed by atoms with Crippen LogP contribution < -0.4 is 0 Å². The van der Waals surface area contributed by atoms with Gasteiger partial charge in [0.1, 0.15) is 6.04 Å². The van der Waals surface area contributed by atoms with Crippen molar-refractivity contribution in [3.05, 3.63) is 48.6 Å². The summed E-state index contributed by atoms with van der Waals surface area (Å²) in [6, 6.07) is 9.14. The average molecular weight is 501 g/mol. The summed E-state index contributed by atoms with van der Waals surface area (Å²) in [5, 5.41) is 9.31. The molecule has 3 saturated heterocycles. The molecule has 3 aliphatic rings. The number of hydrogen-bond acceptors (Lipinski definition) is 6. The van der Waals surface area contributed by atoms with Crippen LogP contribution in [-0.4, -0.2) is 75.0 Å². The van der Waals surface area contributed by atoms with E-state index >= 15 is 0 Å². The number of rotatable bonds is 11. The van der Waals surface area contributed by atoms with E-state index in [0.717, 1.165) is 12.0 Å². The van der Waals surface area contributed by atoms with Gasteiger partial charge in [-0.15, -0.1) is 18.3 Å². The number of amides is 2. The number of aliphatic hydroxyl groups is 1. The lowest BCUT2D eigenvalue weighted by Crippen LogP contribution is -2.57. The zero-order chi connectivity index (χ0) is 25.2. The maximum Gasteiger partial charge on any atom is 0.310 e. The van der Waals surface area contributed by atoms with Crippen molar-refractivity contribution in [3.63, 3.8) is 0 Å². The van der Waals surface area contributed by atoms with Crippen molar-refractivity contribution in [1.82, 2.24) is 9.80 Å². The van der Waals surface area contributed by atoms with Crippen molar-refractivity contribution in [3.8, 4) is 0 Å². The summed E-state index contributed by atoms with van der Waals surface area (Å²) in [7, 11) is 0. The first-order valence-electron chi connectivity index (χ1n) is 12.6. The van der Waals surface area contributed by atoms with E-state index in [0.29, 0.717) is 32.5 Å². The number of carbonyl (C=O) groups excluding carboxylic acids is 3. The number of fused-ring (bicyclic) bond motifs is 1. The predicted octanol–water partition coefficient (Wildman–Crippen LogP) is 2.87. The van der Waals surface area contributed by atoms with Crippen LogP contribution in [-0.2, 0) is 25.7 Å². The van der Waals surface area contributed by atoms with Gasteiger partial charge in [0.15, 0.2) is 0 Å². The third kappa shape index (κ3) is 4.40. The minimum Gasteiger partial charge on any atom is -0.466 e. The Hall–Kier alpha value is -2.32. The number of hydrogen-bond donors (Lipinski definition) is 1. The molecule has 0 radical (unpaired) electrons. The van der Waals surface area contributed by atoms with E-state index in [-0.39, 0.29) is 42.2 Å². The molecule has 1 N–H and O–H groups in total. The Kier molecular flexibility index (Phi) is 7.91. The van der Waals surface area contributed by atoms with Crippen LogP contribution in [0, 0.1) is 17.8 Å². The molecule has 7 nitrogen and oxygen atoms in total. The van der Waals surface area contributed by atoms with Gasteiger partial charge in [-0.3, -0.25) is 14.4 Å². The van der Waals surface area contributed by atoms with Crippen LogP contribution in [0.5, 0.6) is 0 Å². The van der Waals surface area contributed by atoms with E-state index in [4.69, 9.17) is 4.74 Å². The predicted molar refractivity (Wildman–Crippen MR) is 135 cm³/mol. The number of esters is 1. The molecule has 0 saturated carbocycles. The van der Waals surface area contributed by atoms with Crippen LogP contribution in [0.3, 0.4) is 0 Å². The second-order valence-electron chi connectivity index (χ2n) is 9.76. The molecule has 3 fully saturated rings. The highest BCUT2D eigenvalue weighted by Gasteiger charge is 2.76. The fourth-order valence-corrected chi connectivity index (χ4v) is 8.71. The maximum atomic E-state index is 14.3. The van der Waals surface area contributed by atoms with Crippen molar-refractivity contribution in [2.24, 2.45) is 17.8 Å². The zero-order valence-corrected chi connectivity index (χ0v) is 21.4. The van der Waals surface area contributed by atoms with Crippen molar-refractivity contribution in [2.45, 2.75) is 55.7 Å². The van der Waals surface area contributed by atoms with Gasteiger partial charge in [-0.1, -0.05) is 43.3 Å². The molecule has 1 spiro atoms. The summed E-state index contributed by atoms with van der Waals surface area (Å²) >= 11 is 1.66. The Balaban J connectivity index is 1.73. The van der Waals surface area contributed by atoms with Crippen molar-refractivity contribution in [2.75, 3.05) is 26.3 Å². The molecule has 35 heavy (non-hydrogen) atoms. The van der Waals surface area contributed by atoms with Crippen molar-refractivity contribution in [1.29, 1.82) is 0 Å². The lowest BCUT2D eigenvalue weighted by molar-refractivity contribution is -0.154. The number of ether oxygens (including phenoxy) is 1. The monoisotopic (exact) mass is 500 g/mol. The molecular formula is C27H36N2O5S. The van der Waals surface area contributed by atoms with Crippen molar-refractivity contribution < 1.29 is 24.2 Å². The van der Waals surface area contributed by atoms with Crippen molar-refractivity contribution >= 4 is 29.5 Å². The first-order valence-corrected chi connectivity index (χ1v) is 13.5. The van der Waals surface area contributed by atoms with E-state index in [9.17, 15) is 19.5 Å². The van der Waals surface area contributed by atoms with Gasteiger partial charge in [-0.2, -0.15) is 0 Å². The smallest absolute Gasteiger partial charge is 0.310 e. The number of nitrogens with zero attached hydrogens (tertiary/aromatic N) is 2. The molecule has 4 rings (SSSR count). The minimum atomic E-state index is -0.661. The number of unbranched alkanes of at least 4 members (excludes halogenated alkanes) is 1. The molecule has 1 aromatic rings. The van der Waals surface area contributed by atoms with Crippen LogP contribution in [0.1, 0.15) is 38.7 Å². The fourth-order valence-electron chi connectivity index (χ4n) is 6.31. The van der Waals surface area contributed by atoms with Crippen LogP contribution in [0.15, 0.2) is 43.0 Å². The summed E-state index contributed by atoms with van der Waals surface area (Å²) in [6.45, 7) is 9.22. The molecule has 3 aliphatic heterocycles. The highest BCUT2D eigenvalue weighted by atomic mass is 32.2. The quantitative estimate of drug-likeness (QED) is 0.286. The Labute approximate surface area is 211 Å². The topological polar surface area (TPSA) is 87.2 Å². The summed E-state index contributed by atoms with van der Waals surface area (Å²) < 4.78 is 4.74. The summed E-state index contributed by atoms with van der Waals surface area (Å²) in [5.41, 5.74) is 1.01.